The lowest BCUT2D eigenvalue weighted by atomic mass is 10.1. The minimum atomic E-state index is -0.920. The Kier molecular flexibility index (Phi) is 3.13. The number of carbonyl (C=O) groups is 1. The first kappa shape index (κ1) is 13.2. The van der Waals surface area contributed by atoms with E-state index < -0.39 is 16.9 Å². The average Bonchev–Trinajstić information content (AvgIpc) is 2.90. The number of carboxylic acids is 1. The Bertz CT molecular complexity index is 707. The summed E-state index contributed by atoms with van der Waals surface area (Å²) >= 11 is 0. The fraction of sp³-hybridized carbons (Fsp3) is 0.308. The van der Waals surface area contributed by atoms with E-state index >= 15 is 0 Å². The number of aliphatic carboxylic acids is 1. The molecule has 1 N–H and O–H groups in total. The third kappa shape index (κ3) is 2.35. The van der Waals surface area contributed by atoms with Crippen LogP contribution in [0, 0.1) is 10.1 Å². The summed E-state index contributed by atoms with van der Waals surface area (Å²) in [4.78, 5) is 25.7. The van der Waals surface area contributed by atoms with Crippen molar-refractivity contribution in [3.05, 3.63) is 40.2 Å². The number of aryl methyl sites for hydroxylation is 1. The topological polar surface area (TPSA) is 111 Å². The maximum absolute atomic E-state index is 11.2. The van der Waals surface area contributed by atoms with Gasteiger partial charge in [0.1, 0.15) is 5.82 Å². The van der Waals surface area contributed by atoms with Gasteiger partial charge in [-0.05, 0) is 25.0 Å². The molecule has 2 heterocycles. The molecule has 1 aromatic heterocycles. The number of hydrogen-bond donors (Lipinski definition) is 1. The van der Waals surface area contributed by atoms with Gasteiger partial charge in [-0.3, -0.25) is 10.1 Å². The third-order valence-corrected chi connectivity index (χ3v) is 3.50. The highest BCUT2D eigenvalue weighted by Crippen LogP contribution is 2.27. The second kappa shape index (κ2) is 4.97. The fourth-order valence-electron chi connectivity index (χ4n) is 2.43. The lowest BCUT2D eigenvalue weighted by molar-refractivity contribution is -0.384. The Balaban J connectivity index is 1.97. The molecule has 108 valence electrons. The molecule has 0 amide bonds. The zero-order valence-corrected chi connectivity index (χ0v) is 11.0. The van der Waals surface area contributed by atoms with Crippen molar-refractivity contribution in [3.8, 4) is 11.4 Å². The van der Waals surface area contributed by atoms with Gasteiger partial charge >= 0.3 is 5.97 Å². The van der Waals surface area contributed by atoms with Crippen LogP contribution < -0.4 is 0 Å². The highest BCUT2D eigenvalue weighted by Gasteiger charge is 2.28. The maximum atomic E-state index is 11.2. The van der Waals surface area contributed by atoms with Crippen molar-refractivity contribution in [2.24, 2.45) is 0 Å². The van der Waals surface area contributed by atoms with E-state index in [-0.39, 0.29) is 5.69 Å². The number of rotatable bonds is 3. The Labute approximate surface area is 119 Å². The number of fused-ring (bicyclic) bond motifs is 1. The summed E-state index contributed by atoms with van der Waals surface area (Å²) in [6.07, 6.45) is 1.98. The largest absolute Gasteiger partial charge is 0.480 e. The number of nitro groups is 1. The number of non-ortho nitro benzene ring substituents is 1. The van der Waals surface area contributed by atoms with Crippen LogP contribution in [0.15, 0.2) is 24.3 Å². The van der Waals surface area contributed by atoms with E-state index in [1.165, 1.54) is 16.8 Å². The van der Waals surface area contributed by atoms with Crippen LogP contribution in [0.2, 0.25) is 0 Å². The molecule has 0 saturated carbocycles. The highest BCUT2D eigenvalue weighted by molar-refractivity contribution is 5.72. The average molecular weight is 288 g/mol. The smallest absolute Gasteiger partial charge is 0.328 e. The van der Waals surface area contributed by atoms with Crippen molar-refractivity contribution in [2.45, 2.75) is 25.3 Å². The summed E-state index contributed by atoms with van der Waals surface area (Å²) in [5.41, 5.74) is 0.623. The first-order valence-corrected chi connectivity index (χ1v) is 6.49. The van der Waals surface area contributed by atoms with Crippen molar-refractivity contribution in [2.75, 3.05) is 0 Å². The van der Waals surface area contributed by atoms with Gasteiger partial charge in [0, 0.05) is 24.1 Å². The molecule has 0 fully saturated rings. The highest BCUT2D eigenvalue weighted by atomic mass is 16.6. The quantitative estimate of drug-likeness (QED) is 0.681. The Hall–Kier alpha value is -2.77. The fourth-order valence-corrected chi connectivity index (χ4v) is 2.43. The van der Waals surface area contributed by atoms with Gasteiger partial charge < -0.3 is 5.11 Å². The Morgan fingerprint density at radius 2 is 2.10 bits per heavy atom. The molecule has 2 aromatic rings. The zero-order chi connectivity index (χ0) is 15.0. The predicted molar refractivity (Wildman–Crippen MR) is 71.7 cm³/mol. The summed E-state index contributed by atoms with van der Waals surface area (Å²) in [5, 5.41) is 24.1. The third-order valence-electron chi connectivity index (χ3n) is 3.50. The van der Waals surface area contributed by atoms with Gasteiger partial charge in [0.2, 0.25) is 0 Å². The van der Waals surface area contributed by atoms with Crippen LogP contribution in [-0.4, -0.2) is 30.8 Å². The van der Waals surface area contributed by atoms with Crippen molar-refractivity contribution in [1.82, 2.24) is 14.8 Å². The molecular formula is C13H12N4O4. The first-order valence-electron chi connectivity index (χ1n) is 6.49. The molecule has 1 aliphatic heterocycles. The van der Waals surface area contributed by atoms with E-state index in [0.717, 1.165) is 6.42 Å². The van der Waals surface area contributed by atoms with E-state index in [2.05, 4.69) is 10.1 Å². The SMILES string of the molecule is O=C(O)C1CCCc2nc(-c3ccc([N+](=O)[O-])cc3)nn21. The Morgan fingerprint density at radius 3 is 2.71 bits per heavy atom. The zero-order valence-electron chi connectivity index (χ0n) is 11.0. The lowest BCUT2D eigenvalue weighted by Crippen LogP contribution is -2.25. The molecule has 0 bridgehead atoms. The second-order valence-corrected chi connectivity index (χ2v) is 4.85. The van der Waals surface area contributed by atoms with Gasteiger partial charge in [-0.15, -0.1) is 5.10 Å². The van der Waals surface area contributed by atoms with Gasteiger partial charge in [0.05, 0.1) is 4.92 Å². The van der Waals surface area contributed by atoms with Crippen LogP contribution >= 0.6 is 0 Å². The van der Waals surface area contributed by atoms with E-state index in [1.807, 2.05) is 0 Å². The molecular weight excluding hydrogens is 276 g/mol. The predicted octanol–water partition coefficient (Wildman–Crippen LogP) is 1.82. The number of benzene rings is 1. The van der Waals surface area contributed by atoms with E-state index in [4.69, 9.17) is 0 Å². The Morgan fingerprint density at radius 1 is 1.38 bits per heavy atom. The molecule has 8 heteroatoms. The molecule has 1 atom stereocenters. The van der Waals surface area contributed by atoms with Gasteiger partial charge in [0.15, 0.2) is 11.9 Å². The normalized spacial score (nSPS) is 17.2. The van der Waals surface area contributed by atoms with Crippen molar-refractivity contribution < 1.29 is 14.8 Å². The summed E-state index contributed by atoms with van der Waals surface area (Å²) in [7, 11) is 0. The molecule has 0 radical (unpaired) electrons. The molecule has 3 rings (SSSR count). The molecule has 1 unspecified atom stereocenters. The summed E-state index contributed by atoms with van der Waals surface area (Å²) in [5.74, 6) is 0.117. The van der Waals surface area contributed by atoms with E-state index in [9.17, 15) is 20.0 Å². The van der Waals surface area contributed by atoms with Crippen molar-refractivity contribution in [3.63, 3.8) is 0 Å². The standard InChI is InChI=1S/C13H12N4O4/c18-13(19)10-2-1-3-11-14-12(15-16(10)11)8-4-6-9(7-5-8)17(20)21/h4-7,10H,1-3H2,(H,18,19). The number of carboxylic acid groups (broad SMARTS) is 1. The van der Waals surface area contributed by atoms with Gasteiger partial charge in [-0.1, -0.05) is 0 Å². The van der Waals surface area contributed by atoms with Crippen LogP contribution in [0.1, 0.15) is 24.7 Å². The minimum Gasteiger partial charge on any atom is -0.480 e. The number of nitro benzene ring substituents is 1. The maximum Gasteiger partial charge on any atom is 0.328 e. The summed E-state index contributed by atoms with van der Waals surface area (Å²) in [6.45, 7) is 0. The van der Waals surface area contributed by atoms with E-state index in [1.54, 1.807) is 12.1 Å². The molecule has 8 nitrogen and oxygen atoms in total. The summed E-state index contributed by atoms with van der Waals surface area (Å²) < 4.78 is 1.45. The molecule has 0 saturated heterocycles. The first-order chi connectivity index (χ1) is 10.1. The van der Waals surface area contributed by atoms with E-state index in [0.29, 0.717) is 30.1 Å². The number of aromatic nitrogens is 3. The molecule has 0 spiro atoms. The monoisotopic (exact) mass is 288 g/mol. The summed E-state index contributed by atoms with van der Waals surface area (Å²) in [6, 6.07) is 5.20. The second-order valence-electron chi connectivity index (χ2n) is 4.85. The van der Waals surface area contributed by atoms with Crippen LogP contribution in [0.3, 0.4) is 0 Å². The number of nitrogens with zero attached hydrogens (tertiary/aromatic N) is 4. The minimum absolute atomic E-state index is 0.00821. The molecule has 1 aliphatic rings. The van der Waals surface area contributed by atoms with Crippen LogP contribution in [0.4, 0.5) is 5.69 Å². The molecule has 0 aliphatic carbocycles. The molecule has 21 heavy (non-hydrogen) atoms. The van der Waals surface area contributed by atoms with Crippen LogP contribution in [-0.2, 0) is 11.2 Å². The van der Waals surface area contributed by atoms with Crippen molar-refractivity contribution >= 4 is 11.7 Å². The van der Waals surface area contributed by atoms with Crippen molar-refractivity contribution in [1.29, 1.82) is 0 Å². The number of hydrogen-bond acceptors (Lipinski definition) is 5. The van der Waals surface area contributed by atoms with Crippen LogP contribution in [0.25, 0.3) is 11.4 Å². The van der Waals surface area contributed by atoms with Gasteiger partial charge in [0.25, 0.3) is 5.69 Å². The van der Waals surface area contributed by atoms with Gasteiger partial charge in [-0.25, -0.2) is 14.5 Å². The van der Waals surface area contributed by atoms with Crippen LogP contribution in [0.5, 0.6) is 0 Å². The van der Waals surface area contributed by atoms with Gasteiger partial charge in [-0.2, -0.15) is 0 Å². The lowest BCUT2D eigenvalue weighted by Gasteiger charge is -2.19. The molecule has 1 aromatic carbocycles.